The Morgan fingerprint density at radius 1 is 1.02 bits per heavy atom. The summed E-state index contributed by atoms with van der Waals surface area (Å²) < 4.78 is 18.5. The first-order chi connectivity index (χ1) is 22.3. The quantitative estimate of drug-likeness (QED) is 0.284. The maximum Gasteiger partial charge on any atom is 0.308 e. The van der Waals surface area contributed by atoms with E-state index in [9.17, 15) is 30.0 Å². The van der Waals surface area contributed by atoms with Crippen LogP contribution in [0.2, 0.25) is 0 Å². The number of allylic oxidation sites excluding steroid dienone is 3. The fourth-order valence-corrected chi connectivity index (χ4v) is 7.39. The van der Waals surface area contributed by atoms with Gasteiger partial charge in [-0.3, -0.25) is 9.59 Å². The largest absolute Gasteiger partial charge is 0.462 e. The minimum absolute atomic E-state index is 0.0443. The number of rotatable bonds is 8. The second kappa shape index (κ2) is 18.9. The molecular formula is C36H62N2O9. The zero-order valence-electron chi connectivity index (χ0n) is 29.7. The number of esters is 1. The number of cyclic esters (lactones) is 1. The molecule has 3 aliphatic rings. The summed E-state index contributed by atoms with van der Waals surface area (Å²) in [5.74, 6) is -2.29. The molecule has 3 heterocycles. The van der Waals surface area contributed by atoms with E-state index >= 15 is 0 Å². The van der Waals surface area contributed by atoms with Crippen LogP contribution in [0.3, 0.4) is 0 Å². The standard InChI is InChI=1S/C36H62N2O9/c1-8-30-27(21-39)18-22(2)12-13-28(40)23(3)19-26(14-17-38-15-10-9-11-16-38)35(24(4)29(41)20-31(42)46-30)47-36-34(44)32(37(6)7)33(43)25(5)45-36/h12-13,18,23-27,29-30,32-36,39,41,43-44H,8-11,14-17,19-21H2,1-7H3/b13-12-,22-18-/t23-,24+,25-,26+,27-,29-,30-,32+,33-,34-,35-,36+/m1/s1. The topological polar surface area (TPSA) is 149 Å². The lowest BCUT2D eigenvalue weighted by Crippen LogP contribution is -2.63. The molecule has 12 atom stereocenters. The van der Waals surface area contributed by atoms with Gasteiger partial charge >= 0.3 is 5.97 Å². The number of ketones is 1. The van der Waals surface area contributed by atoms with E-state index in [-0.39, 0.29) is 30.6 Å². The van der Waals surface area contributed by atoms with Crippen LogP contribution in [0.5, 0.6) is 0 Å². The van der Waals surface area contributed by atoms with Crippen molar-refractivity contribution in [2.24, 2.45) is 23.7 Å². The summed E-state index contributed by atoms with van der Waals surface area (Å²) in [7, 11) is 3.56. The van der Waals surface area contributed by atoms with Crippen molar-refractivity contribution in [2.45, 2.75) is 129 Å². The lowest BCUT2D eigenvalue weighted by atomic mass is 9.79. The molecule has 0 spiro atoms. The Kier molecular flexibility index (Phi) is 16.0. The van der Waals surface area contributed by atoms with Gasteiger partial charge in [-0.25, -0.2) is 0 Å². The highest BCUT2D eigenvalue weighted by atomic mass is 16.7. The number of aliphatic hydroxyl groups excluding tert-OH is 4. The highest BCUT2D eigenvalue weighted by Gasteiger charge is 2.47. The number of likely N-dealkylation sites (tertiary alicyclic amines) is 1. The van der Waals surface area contributed by atoms with Gasteiger partial charge in [-0.15, -0.1) is 0 Å². The molecule has 3 aliphatic heterocycles. The number of piperidine rings is 1. The highest BCUT2D eigenvalue weighted by Crippen LogP contribution is 2.35. The Hall–Kier alpha value is -1.70. The smallest absolute Gasteiger partial charge is 0.308 e. The van der Waals surface area contributed by atoms with Gasteiger partial charge in [-0.1, -0.05) is 44.9 Å². The van der Waals surface area contributed by atoms with Crippen LogP contribution in [0.25, 0.3) is 0 Å². The van der Waals surface area contributed by atoms with Gasteiger partial charge < -0.3 is 44.4 Å². The van der Waals surface area contributed by atoms with E-state index in [0.717, 1.165) is 38.0 Å². The van der Waals surface area contributed by atoms with E-state index in [2.05, 4.69) is 4.90 Å². The molecule has 3 rings (SSSR count). The summed E-state index contributed by atoms with van der Waals surface area (Å²) in [5.41, 5.74) is 0.776. The molecule has 4 N–H and O–H groups in total. The number of carbonyl (C=O) groups is 2. The highest BCUT2D eigenvalue weighted by molar-refractivity contribution is 5.91. The van der Waals surface area contributed by atoms with Crippen molar-refractivity contribution in [2.75, 3.05) is 40.3 Å². The van der Waals surface area contributed by atoms with Crippen molar-refractivity contribution in [3.63, 3.8) is 0 Å². The van der Waals surface area contributed by atoms with E-state index in [1.165, 1.54) is 6.42 Å². The average molecular weight is 667 g/mol. The van der Waals surface area contributed by atoms with Gasteiger partial charge in [0, 0.05) is 17.8 Å². The average Bonchev–Trinajstić information content (AvgIpc) is 3.04. The molecule has 0 saturated carbocycles. The normalized spacial score (nSPS) is 40.9. The number of aliphatic hydroxyl groups is 4. The molecule has 47 heavy (non-hydrogen) atoms. The molecule has 0 unspecified atom stereocenters. The number of hydrogen-bond acceptors (Lipinski definition) is 11. The maximum atomic E-state index is 13.5. The second-order valence-electron chi connectivity index (χ2n) is 14.4. The number of likely N-dealkylation sites (N-methyl/N-ethyl adjacent to an activating group) is 1. The monoisotopic (exact) mass is 666 g/mol. The molecule has 0 aromatic rings. The molecular weight excluding hydrogens is 604 g/mol. The number of carbonyl (C=O) groups excluding carboxylic acids is 2. The Morgan fingerprint density at radius 2 is 1.70 bits per heavy atom. The number of ether oxygens (including phenoxy) is 3. The molecule has 0 amide bonds. The lowest BCUT2D eigenvalue weighted by molar-refractivity contribution is -0.304. The van der Waals surface area contributed by atoms with Gasteiger partial charge in [-0.2, -0.15) is 0 Å². The summed E-state index contributed by atoms with van der Waals surface area (Å²) in [6.07, 6.45) is 3.61. The third kappa shape index (κ3) is 11.2. The first kappa shape index (κ1) is 39.7. The van der Waals surface area contributed by atoms with Crippen LogP contribution in [0, 0.1) is 23.7 Å². The predicted octanol–water partition coefficient (Wildman–Crippen LogP) is 2.69. The van der Waals surface area contributed by atoms with Gasteiger partial charge in [-0.05, 0) is 91.7 Å². The second-order valence-corrected chi connectivity index (χ2v) is 14.4. The van der Waals surface area contributed by atoms with Crippen molar-refractivity contribution in [3.05, 3.63) is 23.8 Å². The van der Waals surface area contributed by atoms with Crippen LogP contribution < -0.4 is 0 Å². The zero-order valence-corrected chi connectivity index (χ0v) is 29.7. The van der Waals surface area contributed by atoms with E-state index in [0.29, 0.717) is 19.3 Å². The molecule has 11 nitrogen and oxygen atoms in total. The molecule has 270 valence electrons. The fourth-order valence-electron chi connectivity index (χ4n) is 7.39. The summed E-state index contributed by atoms with van der Waals surface area (Å²) >= 11 is 0. The van der Waals surface area contributed by atoms with Gasteiger partial charge in [0.05, 0.1) is 43.5 Å². The van der Waals surface area contributed by atoms with Crippen LogP contribution in [-0.4, -0.2) is 131 Å². The molecule has 11 heteroatoms. The molecule has 0 aliphatic carbocycles. The van der Waals surface area contributed by atoms with Crippen molar-refractivity contribution in [1.82, 2.24) is 9.80 Å². The van der Waals surface area contributed by atoms with Gasteiger partial charge in [0.1, 0.15) is 12.2 Å². The Morgan fingerprint density at radius 3 is 2.32 bits per heavy atom. The van der Waals surface area contributed by atoms with E-state index in [4.69, 9.17) is 14.2 Å². The maximum absolute atomic E-state index is 13.5. The third-order valence-corrected chi connectivity index (χ3v) is 10.4. The van der Waals surface area contributed by atoms with Crippen LogP contribution in [0.4, 0.5) is 0 Å². The van der Waals surface area contributed by atoms with Crippen molar-refractivity contribution in [1.29, 1.82) is 0 Å². The van der Waals surface area contributed by atoms with Crippen LogP contribution in [0.1, 0.15) is 79.6 Å². The molecule has 2 saturated heterocycles. The minimum Gasteiger partial charge on any atom is -0.462 e. The summed E-state index contributed by atoms with van der Waals surface area (Å²) in [5, 5.41) is 43.9. The summed E-state index contributed by atoms with van der Waals surface area (Å²) in [6, 6.07) is -0.649. The van der Waals surface area contributed by atoms with Gasteiger partial charge in [0.15, 0.2) is 12.1 Å². The lowest BCUT2D eigenvalue weighted by Gasteiger charge is -2.47. The van der Waals surface area contributed by atoms with Gasteiger partial charge in [0.2, 0.25) is 0 Å². The Labute approximate surface area is 281 Å². The van der Waals surface area contributed by atoms with Crippen molar-refractivity contribution >= 4 is 11.8 Å². The molecule has 0 aromatic carbocycles. The third-order valence-electron chi connectivity index (χ3n) is 10.4. The minimum atomic E-state index is -1.19. The first-order valence-corrected chi connectivity index (χ1v) is 17.7. The number of nitrogens with zero attached hydrogens (tertiary/aromatic N) is 2. The molecule has 0 aromatic heterocycles. The van der Waals surface area contributed by atoms with E-state index < -0.39 is 66.8 Å². The summed E-state index contributed by atoms with van der Waals surface area (Å²) in [4.78, 5) is 30.9. The molecule has 2 fully saturated rings. The predicted molar refractivity (Wildman–Crippen MR) is 179 cm³/mol. The van der Waals surface area contributed by atoms with Crippen LogP contribution in [-0.2, 0) is 23.8 Å². The summed E-state index contributed by atoms with van der Waals surface area (Å²) in [6.45, 7) is 11.7. The number of hydrogen-bond donors (Lipinski definition) is 4. The Bertz CT molecular complexity index is 1050. The SMILES string of the molecule is CC[C@H]1OC(=O)C[C@@H](O)[C@H](C)[C@@H](O[C@@H]2O[C@H](C)[C@@H](O)[C@H](N(C)C)[C@H]2O)[C@@H](CCN2CCCCC2)C[C@@H](C)C(=O)/C=C\C(C)=C/[C@@H]1CO. The van der Waals surface area contributed by atoms with Gasteiger partial charge in [0.25, 0.3) is 0 Å². The fraction of sp³-hybridized carbons (Fsp3) is 0.833. The molecule has 0 bridgehead atoms. The van der Waals surface area contributed by atoms with Crippen molar-refractivity contribution in [3.8, 4) is 0 Å². The van der Waals surface area contributed by atoms with Crippen LogP contribution in [0.15, 0.2) is 23.8 Å². The molecule has 0 radical (unpaired) electrons. The Balaban J connectivity index is 2.02. The first-order valence-electron chi connectivity index (χ1n) is 17.7. The zero-order chi connectivity index (χ0) is 34.8. The van der Waals surface area contributed by atoms with E-state index in [1.807, 2.05) is 33.8 Å². The van der Waals surface area contributed by atoms with Crippen LogP contribution >= 0.6 is 0 Å². The van der Waals surface area contributed by atoms with E-state index in [1.54, 1.807) is 38.1 Å². The van der Waals surface area contributed by atoms with Crippen molar-refractivity contribution < 1.29 is 44.2 Å².